The quantitative estimate of drug-likeness (QED) is 0.625. The minimum atomic E-state index is 0.603. The summed E-state index contributed by atoms with van der Waals surface area (Å²) >= 11 is 0. The second kappa shape index (κ2) is 5.00. The molecule has 1 aromatic heterocycles. The van der Waals surface area contributed by atoms with Gasteiger partial charge < -0.3 is 0 Å². The minimum absolute atomic E-state index is 0.603. The van der Waals surface area contributed by atoms with E-state index >= 15 is 0 Å². The van der Waals surface area contributed by atoms with Crippen molar-refractivity contribution in [2.75, 3.05) is 0 Å². The molecule has 0 saturated carbocycles. The highest BCUT2D eigenvalue weighted by Crippen LogP contribution is 2.26. The van der Waals surface area contributed by atoms with Gasteiger partial charge >= 0.3 is 0 Å². The second-order valence-corrected chi connectivity index (χ2v) is 3.30. The Morgan fingerprint density at radius 1 is 1.23 bits per heavy atom. The number of nitrogens with zero attached hydrogens (tertiary/aromatic N) is 2. The fourth-order valence-corrected chi connectivity index (χ4v) is 1.72. The second-order valence-electron chi connectivity index (χ2n) is 3.30. The first-order chi connectivity index (χ1) is 6.38. The molecular weight excluding hydrogens is 162 g/mol. The number of aromatic nitrogens is 3. The fourth-order valence-electron chi connectivity index (χ4n) is 1.72. The molecule has 3 nitrogen and oxygen atoms in total. The van der Waals surface area contributed by atoms with Crippen LogP contribution in [0.4, 0.5) is 0 Å². The van der Waals surface area contributed by atoms with Crippen LogP contribution < -0.4 is 0 Å². The molecule has 1 aliphatic rings. The summed E-state index contributed by atoms with van der Waals surface area (Å²) in [5.41, 5.74) is 2.39. The standard InChI is InChI=1S/C8H13N3.C2H6/c1-6-4-2-3-5-7-8(6)10-11-9-7;1-2/h6H,2-5H2,1H3,(H,9,10,11);1-2H3. The molecular formula is C10H19N3. The number of rotatable bonds is 0. The van der Waals surface area contributed by atoms with Gasteiger partial charge in [0.1, 0.15) is 0 Å². The van der Waals surface area contributed by atoms with Crippen molar-refractivity contribution in [3.63, 3.8) is 0 Å². The van der Waals surface area contributed by atoms with Gasteiger partial charge in [0.15, 0.2) is 0 Å². The van der Waals surface area contributed by atoms with Crippen LogP contribution in [0, 0.1) is 0 Å². The molecule has 74 valence electrons. The van der Waals surface area contributed by atoms with Crippen LogP contribution in [-0.2, 0) is 6.42 Å². The lowest BCUT2D eigenvalue weighted by atomic mass is 10.0. The molecule has 1 aliphatic carbocycles. The van der Waals surface area contributed by atoms with Crippen molar-refractivity contribution in [3.05, 3.63) is 11.4 Å². The minimum Gasteiger partial charge on any atom is -0.197 e. The number of nitrogens with one attached hydrogen (secondary N) is 1. The van der Waals surface area contributed by atoms with Gasteiger partial charge in [-0.25, -0.2) is 0 Å². The van der Waals surface area contributed by atoms with Crippen LogP contribution in [0.1, 0.15) is 57.3 Å². The molecule has 1 aromatic rings. The SMILES string of the molecule is CC.CC1CCCCc2n[nH]nc21. The number of hydrogen-bond donors (Lipinski definition) is 1. The summed E-state index contributed by atoms with van der Waals surface area (Å²) < 4.78 is 0. The van der Waals surface area contributed by atoms with Gasteiger partial charge in [-0.1, -0.05) is 27.2 Å². The summed E-state index contributed by atoms with van der Waals surface area (Å²) in [5, 5.41) is 11.0. The van der Waals surface area contributed by atoms with Crippen molar-refractivity contribution < 1.29 is 0 Å². The third kappa shape index (κ3) is 2.29. The zero-order valence-corrected chi connectivity index (χ0v) is 8.80. The van der Waals surface area contributed by atoms with Crippen molar-refractivity contribution in [2.24, 2.45) is 0 Å². The fraction of sp³-hybridized carbons (Fsp3) is 0.800. The van der Waals surface area contributed by atoms with E-state index in [1.807, 2.05) is 13.8 Å². The molecule has 0 aromatic carbocycles. The van der Waals surface area contributed by atoms with E-state index in [1.54, 1.807) is 0 Å². The monoisotopic (exact) mass is 181 g/mol. The van der Waals surface area contributed by atoms with Gasteiger partial charge in [0.2, 0.25) is 0 Å². The van der Waals surface area contributed by atoms with Crippen molar-refractivity contribution >= 4 is 0 Å². The summed E-state index contributed by atoms with van der Waals surface area (Å²) in [4.78, 5) is 0. The van der Waals surface area contributed by atoms with Gasteiger partial charge in [-0.05, 0) is 19.3 Å². The Morgan fingerprint density at radius 3 is 2.77 bits per heavy atom. The molecule has 0 aliphatic heterocycles. The predicted octanol–water partition coefficient (Wildman–Crippen LogP) is 2.66. The average molecular weight is 181 g/mol. The molecule has 0 bridgehead atoms. The molecule has 0 saturated heterocycles. The molecule has 13 heavy (non-hydrogen) atoms. The number of aromatic amines is 1. The summed E-state index contributed by atoms with van der Waals surface area (Å²) in [5.74, 6) is 0.603. The first-order valence-corrected chi connectivity index (χ1v) is 5.27. The molecule has 1 heterocycles. The Balaban J connectivity index is 0.000000396. The van der Waals surface area contributed by atoms with E-state index in [1.165, 1.54) is 30.7 Å². The maximum Gasteiger partial charge on any atom is 0.0884 e. The number of aryl methyl sites for hydroxylation is 1. The maximum absolute atomic E-state index is 4.16. The lowest BCUT2D eigenvalue weighted by molar-refractivity contribution is 0.617. The van der Waals surface area contributed by atoms with Gasteiger partial charge in [0.25, 0.3) is 0 Å². The molecule has 1 atom stereocenters. The normalized spacial score (nSPS) is 21.0. The van der Waals surface area contributed by atoms with E-state index in [9.17, 15) is 0 Å². The average Bonchev–Trinajstić information content (AvgIpc) is 2.57. The first-order valence-electron chi connectivity index (χ1n) is 5.27. The van der Waals surface area contributed by atoms with E-state index in [2.05, 4.69) is 22.3 Å². The lowest BCUT2D eigenvalue weighted by Gasteiger charge is -2.02. The van der Waals surface area contributed by atoms with Crippen molar-refractivity contribution in [1.82, 2.24) is 15.4 Å². The van der Waals surface area contributed by atoms with Gasteiger partial charge in [0, 0.05) is 5.92 Å². The van der Waals surface area contributed by atoms with E-state index in [4.69, 9.17) is 0 Å². The summed E-state index contributed by atoms with van der Waals surface area (Å²) in [6.45, 7) is 6.23. The zero-order valence-electron chi connectivity index (χ0n) is 8.80. The van der Waals surface area contributed by atoms with Crippen LogP contribution in [0.15, 0.2) is 0 Å². The maximum atomic E-state index is 4.16. The number of H-pyrrole nitrogens is 1. The summed E-state index contributed by atoms with van der Waals surface area (Å²) in [7, 11) is 0. The smallest absolute Gasteiger partial charge is 0.0884 e. The number of fused-ring (bicyclic) bond motifs is 1. The van der Waals surface area contributed by atoms with Gasteiger partial charge in [-0.3, -0.25) is 0 Å². The van der Waals surface area contributed by atoms with Crippen LogP contribution in [0.3, 0.4) is 0 Å². The highest BCUT2D eigenvalue weighted by atomic mass is 15.3. The molecule has 3 heteroatoms. The Kier molecular flexibility index (Phi) is 3.93. The van der Waals surface area contributed by atoms with E-state index in [-0.39, 0.29) is 0 Å². The van der Waals surface area contributed by atoms with Gasteiger partial charge in [0.05, 0.1) is 11.4 Å². The van der Waals surface area contributed by atoms with E-state index in [0.29, 0.717) is 5.92 Å². The molecule has 0 radical (unpaired) electrons. The topological polar surface area (TPSA) is 41.6 Å². The van der Waals surface area contributed by atoms with Crippen LogP contribution >= 0.6 is 0 Å². The summed E-state index contributed by atoms with van der Waals surface area (Å²) in [6, 6.07) is 0. The van der Waals surface area contributed by atoms with E-state index in [0.717, 1.165) is 6.42 Å². The van der Waals surface area contributed by atoms with E-state index < -0.39 is 0 Å². The third-order valence-electron chi connectivity index (χ3n) is 2.42. The highest BCUT2D eigenvalue weighted by molar-refractivity contribution is 5.14. The van der Waals surface area contributed by atoms with Gasteiger partial charge in [-0.2, -0.15) is 15.4 Å². The molecule has 0 amide bonds. The van der Waals surface area contributed by atoms with Crippen molar-refractivity contribution in [3.8, 4) is 0 Å². The third-order valence-corrected chi connectivity index (χ3v) is 2.42. The molecule has 1 unspecified atom stereocenters. The predicted molar refractivity (Wildman–Crippen MR) is 53.7 cm³/mol. The van der Waals surface area contributed by atoms with Crippen LogP contribution in [0.2, 0.25) is 0 Å². The Morgan fingerprint density at radius 2 is 2.00 bits per heavy atom. The zero-order chi connectivity index (χ0) is 9.68. The van der Waals surface area contributed by atoms with Crippen molar-refractivity contribution in [2.45, 2.75) is 52.4 Å². The molecule has 2 rings (SSSR count). The first kappa shape index (κ1) is 10.2. The Labute approximate surface area is 79.9 Å². The Bertz CT molecular complexity index is 242. The Hall–Kier alpha value is -0.860. The van der Waals surface area contributed by atoms with Crippen LogP contribution in [0.5, 0.6) is 0 Å². The van der Waals surface area contributed by atoms with Crippen molar-refractivity contribution in [1.29, 1.82) is 0 Å². The molecule has 0 fully saturated rings. The summed E-state index contributed by atoms with van der Waals surface area (Å²) in [6.07, 6.45) is 4.96. The molecule has 1 N–H and O–H groups in total. The largest absolute Gasteiger partial charge is 0.197 e. The van der Waals surface area contributed by atoms with Crippen LogP contribution in [-0.4, -0.2) is 15.4 Å². The number of hydrogen-bond acceptors (Lipinski definition) is 2. The molecule has 0 spiro atoms. The lowest BCUT2D eigenvalue weighted by Crippen LogP contribution is -1.94. The van der Waals surface area contributed by atoms with Crippen LogP contribution in [0.25, 0.3) is 0 Å². The highest BCUT2D eigenvalue weighted by Gasteiger charge is 2.17. The van der Waals surface area contributed by atoms with Gasteiger partial charge in [-0.15, -0.1) is 0 Å².